The molecule has 0 heterocycles. The fraction of sp³-hybridized carbons (Fsp3) is 1.00. The van der Waals surface area contributed by atoms with E-state index in [2.05, 4.69) is 31.4 Å². The fourth-order valence-corrected chi connectivity index (χ4v) is 1.00. The lowest BCUT2D eigenvalue weighted by Gasteiger charge is -2.15. The molecular formula is C7H18NS+. The van der Waals surface area contributed by atoms with Gasteiger partial charge in [-0.15, -0.1) is 0 Å². The lowest BCUT2D eigenvalue weighted by molar-refractivity contribution is 0.305. The minimum absolute atomic E-state index is 1.12. The van der Waals surface area contributed by atoms with Crippen LogP contribution >= 0.6 is 0 Å². The minimum atomic E-state index is 1.12. The molecule has 1 nitrogen and oxygen atoms in total. The van der Waals surface area contributed by atoms with Crippen LogP contribution in [-0.2, 0) is 12.6 Å². The third-order valence-electron chi connectivity index (χ3n) is 1.55. The second-order valence-corrected chi connectivity index (χ2v) is 2.63. The van der Waals surface area contributed by atoms with E-state index in [-0.39, 0.29) is 0 Å². The van der Waals surface area contributed by atoms with E-state index in [1.807, 2.05) is 0 Å². The van der Waals surface area contributed by atoms with Crippen LogP contribution in [0.4, 0.5) is 0 Å². The molecule has 0 aliphatic heterocycles. The van der Waals surface area contributed by atoms with E-state index in [0.717, 1.165) is 5.75 Å². The van der Waals surface area contributed by atoms with Crippen molar-refractivity contribution in [3.63, 3.8) is 0 Å². The SMILES string of the molecule is CCN(CC)CCC[SH2+]. The van der Waals surface area contributed by atoms with Crippen LogP contribution in [0.5, 0.6) is 0 Å². The highest BCUT2D eigenvalue weighted by molar-refractivity contribution is 7.58. The van der Waals surface area contributed by atoms with Gasteiger partial charge in [0.2, 0.25) is 0 Å². The molecule has 0 unspecified atom stereocenters. The molecule has 0 aromatic rings. The zero-order valence-electron chi connectivity index (χ0n) is 6.48. The van der Waals surface area contributed by atoms with Gasteiger partial charge in [0, 0.05) is 13.0 Å². The van der Waals surface area contributed by atoms with Gasteiger partial charge in [0.25, 0.3) is 0 Å². The van der Waals surface area contributed by atoms with Crippen LogP contribution < -0.4 is 0 Å². The van der Waals surface area contributed by atoms with Gasteiger partial charge in [-0.2, -0.15) is 0 Å². The standard InChI is InChI=1S/C7H17NS/c1-3-8(4-2)6-5-7-9/h9H,3-7H2,1-2H3/p+1. The highest BCUT2D eigenvalue weighted by atomic mass is 32.1. The smallest absolute Gasteiger partial charge is 0.104 e. The fourth-order valence-electron chi connectivity index (χ4n) is 0.842. The Morgan fingerprint density at radius 1 is 1.22 bits per heavy atom. The van der Waals surface area contributed by atoms with Crippen molar-refractivity contribution in [2.75, 3.05) is 25.4 Å². The van der Waals surface area contributed by atoms with Crippen molar-refractivity contribution < 1.29 is 0 Å². The Bertz CT molecular complexity index is 52.9. The average molecular weight is 148 g/mol. The van der Waals surface area contributed by atoms with Gasteiger partial charge in [0.1, 0.15) is 5.75 Å². The summed E-state index contributed by atoms with van der Waals surface area (Å²) in [6.07, 6.45) is 1.26. The maximum absolute atomic E-state index is 3.45. The largest absolute Gasteiger partial charge is 0.304 e. The summed E-state index contributed by atoms with van der Waals surface area (Å²) < 4.78 is 0. The number of nitrogens with zero attached hydrogens (tertiary/aromatic N) is 1. The molecule has 0 radical (unpaired) electrons. The van der Waals surface area contributed by atoms with Gasteiger partial charge >= 0.3 is 0 Å². The molecule has 0 saturated heterocycles. The quantitative estimate of drug-likeness (QED) is 0.520. The van der Waals surface area contributed by atoms with E-state index < -0.39 is 0 Å². The van der Waals surface area contributed by atoms with Crippen molar-refractivity contribution in [1.82, 2.24) is 4.90 Å². The maximum Gasteiger partial charge on any atom is 0.104 e. The first-order chi connectivity index (χ1) is 4.35. The zero-order valence-corrected chi connectivity index (χ0v) is 7.48. The van der Waals surface area contributed by atoms with Gasteiger partial charge in [0.15, 0.2) is 0 Å². The van der Waals surface area contributed by atoms with Gasteiger partial charge in [-0.3, -0.25) is 0 Å². The summed E-state index contributed by atoms with van der Waals surface area (Å²) in [5, 5.41) is 0. The molecule has 0 atom stereocenters. The summed E-state index contributed by atoms with van der Waals surface area (Å²) in [5.74, 6) is 1.12. The predicted octanol–water partition coefficient (Wildman–Crippen LogP) is 0.730. The van der Waals surface area contributed by atoms with Gasteiger partial charge in [0.05, 0.1) is 0 Å². The first kappa shape index (κ1) is 9.31. The van der Waals surface area contributed by atoms with Crippen LogP contribution in [0.3, 0.4) is 0 Å². The second kappa shape index (κ2) is 6.43. The van der Waals surface area contributed by atoms with Gasteiger partial charge < -0.3 is 4.90 Å². The van der Waals surface area contributed by atoms with Gasteiger partial charge in [-0.1, -0.05) is 13.8 Å². The van der Waals surface area contributed by atoms with Crippen molar-refractivity contribution in [3.05, 3.63) is 0 Å². The molecule has 0 aliphatic rings. The topological polar surface area (TPSA) is 3.24 Å². The number of rotatable bonds is 5. The van der Waals surface area contributed by atoms with Crippen molar-refractivity contribution in [2.45, 2.75) is 20.3 Å². The third kappa shape index (κ3) is 4.79. The molecule has 0 spiro atoms. The molecule has 0 N–H and O–H groups in total. The Morgan fingerprint density at radius 3 is 2.11 bits per heavy atom. The average Bonchev–Trinajstić information content (AvgIpc) is 1.91. The zero-order chi connectivity index (χ0) is 7.11. The predicted molar refractivity (Wildman–Crippen MR) is 47.4 cm³/mol. The van der Waals surface area contributed by atoms with Crippen molar-refractivity contribution in [2.24, 2.45) is 0 Å². The molecule has 2 heteroatoms. The summed E-state index contributed by atoms with van der Waals surface area (Å²) in [7, 11) is 0. The monoisotopic (exact) mass is 148 g/mol. The lowest BCUT2D eigenvalue weighted by Crippen LogP contribution is -2.24. The Labute approximate surface area is 63.8 Å². The van der Waals surface area contributed by atoms with Crippen molar-refractivity contribution in [3.8, 4) is 0 Å². The molecule has 0 saturated carbocycles. The van der Waals surface area contributed by atoms with E-state index in [1.165, 1.54) is 26.1 Å². The minimum Gasteiger partial charge on any atom is -0.304 e. The van der Waals surface area contributed by atoms with E-state index in [4.69, 9.17) is 0 Å². The highest BCUT2D eigenvalue weighted by Crippen LogP contribution is 1.88. The van der Waals surface area contributed by atoms with Crippen LogP contribution in [0.25, 0.3) is 0 Å². The molecule has 0 bridgehead atoms. The van der Waals surface area contributed by atoms with Crippen LogP contribution in [-0.4, -0.2) is 30.3 Å². The highest BCUT2D eigenvalue weighted by Gasteiger charge is 1.96. The Kier molecular flexibility index (Phi) is 6.65. The Hall–Kier alpha value is 0.310. The van der Waals surface area contributed by atoms with E-state index in [0.29, 0.717) is 0 Å². The normalized spacial score (nSPS) is 10.7. The van der Waals surface area contributed by atoms with E-state index in [1.54, 1.807) is 0 Å². The Morgan fingerprint density at radius 2 is 1.78 bits per heavy atom. The molecule has 9 heavy (non-hydrogen) atoms. The van der Waals surface area contributed by atoms with E-state index in [9.17, 15) is 0 Å². The van der Waals surface area contributed by atoms with Gasteiger partial charge in [-0.05, 0) is 25.7 Å². The van der Waals surface area contributed by atoms with Gasteiger partial charge in [-0.25, -0.2) is 0 Å². The molecule has 0 rings (SSSR count). The third-order valence-corrected chi connectivity index (χ3v) is 1.90. The molecular weight excluding hydrogens is 130 g/mol. The summed E-state index contributed by atoms with van der Waals surface area (Å²) in [6, 6.07) is 0. The first-order valence-electron chi connectivity index (χ1n) is 3.72. The Balaban J connectivity index is 3.09. The van der Waals surface area contributed by atoms with Crippen LogP contribution in [0.2, 0.25) is 0 Å². The summed E-state index contributed by atoms with van der Waals surface area (Å²) in [6.45, 7) is 8.01. The molecule has 56 valence electrons. The van der Waals surface area contributed by atoms with E-state index >= 15 is 0 Å². The first-order valence-corrected chi connectivity index (χ1v) is 4.42. The van der Waals surface area contributed by atoms with Crippen LogP contribution in [0.15, 0.2) is 0 Å². The molecule has 0 fully saturated rings. The summed E-state index contributed by atoms with van der Waals surface area (Å²) in [5.41, 5.74) is 0. The molecule has 0 aromatic heterocycles. The summed E-state index contributed by atoms with van der Waals surface area (Å²) in [4.78, 5) is 2.43. The maximum atomic E-state index is 3.45. The summed E-state index contributed by atoms with van der Waals surface area (Å²) >= 11 is 3.45. The molecule has 0 aromatic carbocycles. The number of hydrogen-bond donors (Lipinski definition) is 0. The number of hydrogen-bond acceptors (Lipinski definition) is 1. The molecule has 0 amide bonds. The van der Waals surface area contributed by atoms with Crippen LogP contribution in [0, 0.1) is 0 Å². The van der Waals surface area contributed by atoms with Crippen LogP contribution in [0.1, 0.15) is 20.3 Å². The van der Waals surface area contributed by atoms with Crippen molar-refractivity contribution in [1.29, 1.82) is 0 Å². The second-order valence-electron chi connectivity index (χ2n) is 2.13. The molecule has 0 aliphatic carbocycles. The van der Waals surface area contributed by atoms with Crippen molar-refractivity contribution >= 4 is 12.6 Å². The lowest BCUT2D eigenvalue weighted by atomic mass is 10.4.